The van der Waals surface area contributed by atoms with E-state index in [0.717, 1.165) is 44.4 Å². The smallest absolute Gasteiger partial charge is 0.220 e. The van der Waals surface area contributed by atoms with Gasteiger partial charge in [0.1, 0.15) is 0 Å². The predicted octanol–water partition coefficient (Wildman–Crippen LogP) is 1.37. The largest absolute Gasteiger partial charge is 0.396 e. The molecule has 2 N–H and O–H groups in total. The average Bonchev–Trinajstić information content (AvgIpc) is 2.98. The van der Waals surface area contributed by atoms with Gasteiger partial charge in [-0.25, -0.2) is 0 Å². The average molecular weight is 231 g/mol. The number of amides is 1. The van der Waals surface area contributed by atoms with Crippen LogP contribution in [-0.2, 0) is 4.79 Å². The van der Waals surface area contributed by atoms with Crippen LogP contribution in [0.4, 0.5) is 0 Å². The zero-order valence-corrected chi connectivity index (χ0v) is 10.1. The Balaban J connectivity index is 1.99. The molecular weight excluding hydrogens is 210 g/mol. The summed E-state index contributed by atoms with van der Waals surface area (Å²) in [5.41, 5.74) is 0.221. The monoisotopic (exact) mass is 231 g/mol. The Hall–Kier alpha value is -0.220. The zero-order valence-electron chi connectivity index (χ0n) is 9.17. The summed E-state index contributed by atoms with van der Waals surface area (Å²) in [5.74, 6) is 0.982. The topological polar surface area (TPSA) is 49.3 Å². The zero-order chi connectivity index (χ0) is 11.1. The van der Waals surface area contributed by atoms with Crippen LogP contribution in [0.15, 0.2) is 0 Å². The predicted molar refractivity (Wildman–Crippen MR) is 64.1 cm³/mol. The minimum Gasteiger partial charge on any atom is -0.396 e. The van der Waals surface area contributed by atoms with Crippen LogP contribution in [0.5, 0.6) is 0 Å². The van der Waals surface area contributed by atoms with Crippen molar-refractivity contribution in [2.24, 2.45) is 5.41 Å². The van der Waals surface area contributed by atoms with Gasteiger partial charge in [-0.2, -0.15) is 12.6 Å². The van der Waals surface area contributed by atoms with Gasteiger partial charge in [0, 0.05) is 19.6 Å². The summed E-state index contributed by atoms with van der Waals surface area (Å²) in [4.78, 5) is 11.5. The van der Waals surface area contributed by atoms with Crippen molar-refractivity contribution in [3.8, 4) is 0 Å². The first kappa shape index (κ1) is 12.8. The van der Waals surface area contributed by atoms with Gasteiger partial charge in [-0.3, -0.25) is 4.79 Å². The number of unbranched alkanes of at least 4 members (excludes halogenated alkanes) is 2. The van der Waals surface area contributed by atoms with Gasteiger partial charge in [0.2, 0.25) is 5.91 Å². The molecule has 0 aromatic heterocycles. The second-order valence-electron chi connectivity index (χ2n) is 4.47. The van der Waals surface area contributed by atoms with Gasteiger partial charge in [-0.05, 0) is 43.3 Å². The third-order valence-electron chi connectivity index (χ3n) is 2.99. The number of hydrogen-bond acceptors (Lipinski definition) is 3. The summed E-state index contributed by atoms with van der Waals surface area (Å²) in [6.07, 6.45) is 5.70. The fourth-order valence-corrected chi connectivity index (χ4v) is 2.04. The van der Waals surface area contributed by atoms with E-state index >= 15 is 0 Å². The quantitative estimate of drug-likeness (QED) is 0.436. The van der Waals surface area contributed by atoms with E-state index in [1.807, 2.05) is 0 Å². The highest BCUT2D eigenvalue weighted by molar-refractivity contribution is 7.80. The van der Waals surface area contributed by atoms with E-state index in [-0.39, 0.29) is 17.9 Å². The summed E-state index contributed by atoms with van der Waals surface area (Å²) in [5, 5.41) is 11.5. The van der Waals surface area contributed by atoms with Crippen LogP contribution in [-0.4, -0.2) is 29.9 Å². The van der Waals surface area contributed by atoms with E-state index in [2.05, 4.69) is 17.9 Å². The summed E-state index contributed by atoms with van der Waals surface area (Å²) in [6, 6.07) is 0. The molecule has 1 rings (SSSR count). The molecule has 4 heteroatoms. The molecular formula is C11H21NO2S. The molecule has 0 saturated heterocycles. The maximum Gasteiger partial charge on any atom is 0.220 e. The molecule has 1 amide bonds. The SMILES string of the molecule is O=C(CC1(CS)CC1)NCCCCCO. The molecule has 0 unspecified atom stereocenters. The molecule has 0 spiro atoms. The van der Waals surface area contributed by atoms with Gasteiger partial charge in [0.25, 0.3) is 0 Å². The Labute approximate surface area is 97.0 Å². The Morgan fingerprint density at radius 1 is 1.33 bits per heavy atom. The van der Waals surface area contributed by atoms with Crippen molar-refractivity contribution in [3.05, 3.63) is 0 Å². The van der Waals surface area contributed by atoms with E-state index in [9.17, 15) is 4.79 Å². The van der Waals surface area contributed by atoms with Crippen molar-refractivity contribution in [3.63, 3.8) is 0 Å². The van der Waals surface area contributed by atoms with Crippen LogP contribution in [0.1, 0.15) is 38.5 Å². The van der Waals surface area contributed by atoms with E-state index < -0.39 is 0 Å². The number of aliphatic hydroxyl groups is 1. The molecule has 0 heterocycles. The molecule has 0 aliphatic heterocycles. The summed E-state index contributed by atoms with van der Waals surface area (Å²) >= 11 is 4.27. The van der Waals surface area contributed by atoms with Crippen LogP contribution < -0.4 is 5.32 Å². The second-order valence-corrected chi connectivity index (χ2v) is 4.79. The maximum absolute atomic E-state index is 11.5. The highest BCUT2D eigenvalue weighted by Gasteiger charge is 2.42. The fraction of sp³-hybridized carbons (Fsp3) is 0.909. The van der Waals surface area contributed by atoms with Crippen LogP contribution >= 0.6 is 12.6 Å². The molecule has 1 saturated carbocycles. The van der Waals surface area contributed by atoms with Crippen LogP contribution in [0.3, 0.4) is 0 Å². The van der Waals surface area contributed by atoms with Gasteiger partial charge in [0.05, 0.1) is 0 Å². The van der Waals surface area contributed by atoms with E-state index in [4.69, 9.17) is 5.11 Å². The molecule has 88 valence electrons. The number of thiol groups is 1. The first-order valence-corrected chi connectivity index (χ1v) is 6.34. The molecule has 15 heavy (non-hydrogen) atoms. The van der Waals surface area contributed by atoms with Crippen molar-refractivity contribution in [2.45, 2.75) is 38.5 Å². The molecule has 1 fully saturated rings. The van der Waals surface area contributed by atoms with E-state index in [1.165, 1.54) is 0 Å². The Bertz CT molecular complexity index is 205. The Morgan fingerprint density at radius 3 is 2.60 bits per heavy atom. The molecule has 0 aromatic rings. The third-order valence-corrected chi connectivity index (χ3v) is 3.66. The number of nitrogens with one attached hydrogen (secondary N) is 1. The molecule has 3 nitrogen and oxygen atoms in total. The van der Waals surface area contributed by atoms with Gasteiger partial charge in [-0.1, -0.05) is 0 Å². The molecule has 0 bridgehead atoms. The molecule has 1 aliphatic carbocycles. The summed E-state index contributed by atoms with van der Waals surface area (Å²) in [6.45, 7) is 0.984. The Morgan fingerprint density at radius 2 is 2.07 bits per heavy atom. The third kappa shape index (κ3) is 4.89. The van der Waals surface area contributed by atoms with E-state index in [1.54, 1.807) is 0 Å². The van der Waals surface area contributed by atoms with Crippen molar-refractivity contribution in [1.82, 2.24) is 5.32 Å². The lowest BCUT2D eigenvalue weighted by Crippen LogP contribution is -2.27. The highest BCUT2D eigenvalue weighted by atomic mass is 32.1. The normalized spacial score (nSPS) is 17.5. The van der Waals surface area contributed by atoms with Crippen molar-refractivity contribution >= 4 is 18.5 Å². The van der Waals surface area contributed by atoms with Crippen LogP contribution in [0.25, 0.3) is 0 Å². The lowest BCUT2D eigenvalue weighted by atomic mass is 10.1. The van der Waals surface area contributed by atoms with Gasteiger partial charge in [-0.15, -0.1) is 0 Å². The van der Waals surface area contributed by atoms with E-state index in [0.29, 0.717) is 6.42 Å². The van der Waals surface area contributed by atoms with Crippen molar-refractivity contribution in [1.29, 1.82) is 0 Å². The molecule has 1 aliphatic rings. The van der Waals surface area contributed by atoms with Gasteiger partial charge >= 0.3 is 0 Å². The first-order valence-electron chi connectivity index (χ1n) is 5.71. The summed E-state index contributed by atoms with van der Waals surface area (Å²) in [7, 11) is 0. The van der Waals surface area contributed by atoms with Crippen LogP contribution in [0.2, 0.25) is 0 Å². The first-order chi connectivity index (χ1) is 7.22. The Kier molecular flexibility index (Phi) is 5.47. The minimum atomic E-state index is 0.158. The molecule has 0 radical (unpaired) electrons. The number of hydrogen-bond donors (Lipinski definition) is 3. The highest BCUT2D eigenvalue weighted by Crippen LogP contribution is 2.49. The van der Waals surface area contributed by atoms with Gasteiger partial charge < -0.3 is 10.4 Å². The summed E-state index contributed by atoms with van der Waals surface area (Å²) < 4.78 is 0. The molecule has 0 aromatic carbocycles. The van der Waals surface area contributed by atoms with Crippen molar-refractivity contribution in [2.75, 3.05) is 18.9 Å². The number of carbonyl (C=O) groups excluding carboxylic acids is 1. The van der Waals surface area contributed by atoms with Gasteiger partial charge in [0.15, 0.2) is 0 Å². The number of carbonyl (C=O) groups is 1. The number of aliphatic hydroxyl groups excluding tert-OH is 1. The number of rotatable bonds is 8. The lowest BCUT2D eigenvalue weighted by Gasteiger charge is -2.11. The standard InChI is InChI=1S/C11H21NO2S/c13-7-3-1-2-6-12-10(14)8-11(9-15)4-5-11/h13,15H,1-9H2,(H,12,14). The van der Waals surface area contributed by atoms with Crippen molar-refractivity contribution < 1.29 is 9.90 Å². The maximum atomic E-state index is 11.5. The molecule has 0 atom stereocenters. The second kappa shape index (κ2) is 6.38. The lowest BCUT2D eigenvalue weighted by molar-refractivity contribution is -0.122. The van der Waals surface area contributed by atoms with Crippen LogP contribution in [0, 0.1) is 5.41 Å². The fourth-order valence-electron chi connectivity index (χ4n) is 1.61. The minimum absolute atomic E-state index is 0.158.